The first-order valence-electron chi connectivity index (χ1n) is 20.0. The van der Waals surface area contributed by atoms with Crippen LogP contribution in [0.5, 0.6) is 0 Å². The summed E-state index contributed by atoms with van der Waals surface area (Å²) < 4.78 is 5.25. The van der Waals surface area contributed by atoms with Crippen LogP contribution < -0.4 is 4.90 Å². The molecule has 0 atom stereocenters. The molecule has 10 rings (SSSR count). The number of thiophene rings is 2. The fourth-order valence-electron chi connectivity index (χ4n) is 8.35. The van der Waals surface area contributed by atoms with Crippen molar-refractivity contribution in [1.29, 1.82) is 0 Å². The molecule has 0 spiro atoms. The molecule has 0 aliphatic rings. The van der Waals surface area contributed by atoms with Crippen LogP contribution >= 0.6 is 22.7 Å². The third kappa shape index (κ3) is 6.43. The molecule has 0 bridgehead atoms. The Kier molecular flexibility index (Phi) is 9.54. The molecule has 58 heavy (non-hydrogen) atoms. The minimum atomic E-state index is 1.03. The second-order valence-electron chi connectivity index (χ2n) is 14.7. The fourth-order valence-corrected chi connectivity index (χ4v) is 10.8. The van der Waals surface area contributed by atoms with E-state index in [-0.39, 0.29) is 0 Å². The van der Waals surface area contributed by atoms with E-state index >= 15 is 0 Å². The summed E-state index contributed by atoms with van der Waals surface area (Å²) in [4.78, 5) is 2.40. The maximum atomic E-state index is 4.14. The van der Waals surface area contributed by atoms with E-state index in [4.69, 9.17) is 0 Å². The number of anilines is 3. The minimum absolute atomic E-state index is 1.03. The van der Waals surface area contributed by atoms with Crippen molar-refractivity contribution in [2.45, 2.75) is 19.8 Å². The molecule has 0 saturated carbocycles. The summed E-state index contributed by atoms with van der Waals surface area (Å²) in [5.74, 6) is 0. The summed E-state index contributed by atoms with van der Waals surface area (Å²) in [6.45, 7) is 6.35. The van der Waals surface area contributed by atoms with Crippen LogP contribution in [0.4, 0.5) is 17.1 Å². The van der Waals surface area contributed by atoms with Gasteiger partial charge in [-0.1, -0.05) is 166 Å². The lowest BCUT2D eigenvalue weighted by Crippen LogP contribution is -2.10. The van der Waals surface area contributed by atoms with Crippen LogP contribution in [0.1, 0.15) is 25.3 Å². The predicted octanol–water partition coefficient (Wildman–Crippen LogP) is 17.3. The molecule has 10 aromatic rings. The molecule has 1 nitrogen and oxygen atoms in total. The number of fused-ring (bicyclic) bond motifs is 6. The van der Waals surface area contributed by atoms with Crippen molar-refractivity contribution in [2.75, 3.05) is 4.90 Å². The van der Waals surface area contributed by atoms with Crippen molar-refractivity contribution in [2.24, 2.45) is 0 Å². The predicted molar refractivity (Wildman–Crippen MR) is 256 cm³/mol. The average molecular weight is 780 g/mol. The molecule has 0 N–H and O–H groups in total. The molecule has 0 aliphatic carbocycles. The maximum Gasteiger partial charge on any atom is 0.0468 e. The van der Waals surface area contributed by atoms with Crippen LogP contribution in [-0.4, -0.2) is 0 Å². The Hall–Kier alpha value is -6.52. The van der Waals surface area contributed by atoms with Gasteiger partial charge >= 0.3 is 0 Å². The van der Waals surface area contributed by atoms with Gasteiger partial charge in [0.15, 0.2) is 0 Å². The molecule has 0 radical (unpaired) electrons. The molecule has 0 unspecified atom stereocenters. The number of unbranched alkanes of at least 4 members (excludes halogenated alkanes) is 1. The van der Waals surface area contributed by atoms with Gasteiger partial charge in [0.05, 0.1) is 0 Å². The highest BCUT2D eigenvalue weighted by Gasteiger charge is 2.21. The normalized spacial score (nSPS) is 11.8. The minimum Gasteiger partial charge on any atom is -0.310 e. The molecule has 3 heteroatoms. The molecule has 2 aromatic heterocycles. The Bertz CT molecular complexity index is 3130. The number of hydrogen-bond donors (Lipinski definition) is 0. The highest BCUT2D eigenvalue weighted by atomic mass is 32.1. The third-order valence-corrected chi connectivity index (χ3v) is 13.7. The smallest absolute Gasteiger partial charge is 0.0468 e. The lowest BCUT2D eigenvalue weighted by molar-refractivity contribution is 0.960. The first-order chi connectivity index (χ1) is 28.7. The monoisotopic (exact) mass is 779 g/mol. The lowest BCUT2D eigenvalue weighted by atomic mass is 9.92. The summed E-state index contributed by atoms with van der Waals surface area (Å²) in [6, 6.07) is 66.9. The van der Waals surface area contributed by atoms with E-state index in [0.717, 1.165) is 29.9 Å². The molecule has 0 amide bonds. The van der Waals surface area contributed by atoms with Crippen molar-refractivity contribution < 1.29 is 0 Å². The summed E-state index contributed by atoms with van der Waals surface area (Å²) in [7, 11) is 0. The summed E-state index contributed by atoms with van der Waals surface area (Å²) in [5.41, 5.74) is 13.0. The van der Waals surface area contributed by atoms with Gasteiger partial charge in [-0.15, -0.1) is 22.7 Å². The van der Waals surface area contributed by atoms with Gasteiger partial charge < -0.3 is 4.90 Å². The zero-order valence-corrected chi connectivity index (χ0v) is 34.0. The Morgan fingerprint density at radius 3 is 1.60 bits per heavy atom. The number of rotatable bonds is 10. The summed E-state index contributed by atoms with van der Waals surface area (Å²) >= 11 is 3.78. The largest absolute Gasteiger partial charge is 0.310 e. The molecule has 8 aromatic carbocycles. The molecule has 278 valence electrons. The second kappa shape index (κ2) is 15.4. The van der Waals surface area contributed by atoms with Gasteiger partial charge in [-0.05, 0) is 88.3 Å². The highest BCUT2D eigenvalue weighted by Crippen LogP contribution is 2.48. The zero-order valence-electron chi connectivity index (χ0n) is 32.4. The van der Waals surface area contributed by atoms with Crippen molar-refractivity contribution in [3.63, 3.8) is 0 Å². The molecular weight excluding hydrogens is 739 g/mol. The number of nitrogens with zero attached hydrogens (tertiary/aromatic N) is 1. The Morgan fingerprint density at radius 1 is 0.483 bits per heavy atom. The summed E-state index contributed by atoms with van der Waals surface area (Å²) in [6.07, 6.45) is 6.40. The van der Waals surface area contributed by atoms with E-state index in [1.807, 2.05) is 28.7 Å². The first-order valence-corrected chi connectivity index (χ1v) is 21.7. The first kappa shape index (κ1) is 35.9. The molecule has 0 aliphatic heterocycles. The van der Waals surface area contributed by atoms with Crippen LogP contribution in [0.3, 0.4) is 0 Å². The van der Waals surface area contributed by atoms with Crippen molar-refractivity contribution in [1.82, 2.24) is 0 Å². The maximum absolute atomic E-state index is 4.14. The number of benzene rings is 8. The number of hydrogen-bond acceptors (Lipinski definition) is 3. The standard InChI is InChI=1S/C55H41NS2/c1-3-5-15-37(4-2)39-26-30-41(31-27-39)56(42-32-28-40(29-33-42)38-16-7-6-8-17-38)43-34-35-44(47-20-13-21-48-45-18-9-11-24-52(45)57-54(47)48)51(36-43)50-23-14-22-49-46-19-10-12-25-53(46)58-55(49)50/h4,6-36H,2-3,5H2,1H3/b37-15+. The molecule has 2 heterocycles. The number of allylic oxidation sites excluding steroid dienone is 3. The highest BCUT2D eigenvalue weighted by molar-refractivity contribution is 7.26. The van der Waals surface area contributed by atoms with Crippen molar-refractivity contribution in [3.8, 4) is 33.4 Å². The van der Waals surface area contributed by atoms with Crippen LogP contribution in [-0.2, 0) is 0 Å². The molecule has 0 fully saturated rings. The third-order valence-electron chi connectivity index (χ3n) is 11.2. The molecular formula is C55H41NS2. The SMILES string of the molecule is C=C/C(=C\CCC)c1ccc(N(c2ccc(-c3ccccc3)cc2)c2ccc(-c3cccc4c3sc3ccccc34)c(-c3cccc4c3sc3ccccc34)c2)cc1. The van der Waals surface area contributed by atoms with E-state index in [0.29, 0.717) is 0 Å². The van der Waals surface area contributed by atoms with E-state index < -0.39 is 0 Å². The van der Waals surface area contributed by atoms with Gasteiger partial charge in [-0.25, -0.2) is 0 Å². The van der Waals surface area contributed by atoms with Gasteiger partial charge in [0, 0.05) is 68.5 Å². The van der Waals surface area contributed by atoms with Crippen molar-refractivity contribution >= 4 is 85.7 Å². The van der Waals surface area contributed by atoms with Gasteiger partial charge in [-0.2, -0.15) is 0 Å². The fraction of sp³-hybridized carbons (Fsp3) is 0.0545. The van der Waals surface area contributed by atoms with E-state index in [2.05, 4.69) is 206 Å². The Morgan fingerprint density at radius 2 is 1.00 bits per heavy atom. The molecule has 0 saturated heterocycles. The van der Waals surface area contributed by atoms with Crippen LogP contribution in [0.15, 0.2) is 201 Å². The van der Waals surface area contributed by atoms with Gasteiger partial charge in [0.1, 0.15) is 0 Å². The Balaban J connectivity index is 1.20. The lowest BCUT2D eigenvalue weighted by Gasteiger charge is -2.27. The van der Waals surface area contributed by atoms with Crippen molar-refractivity contribution in [3.05, 3.63) is 206 Å². The van der Waals surface area contributed by atoms with Gasteiger partial charge in [0.2, 0.25) is 0 Å². The van der Waals surface area contributed by atoms with Crippen LogP contribution in [0.2, 0.25) is 0 Å². The van der Waals surface area contributed by atoms with Crippen LogP contribution in [0, 0.1) is 0 Å². The van der Waals surface area contributed by atoms with E-state index in [9.17, 15) is 0 Å². The zero-order chi connectivity index (χ0) is 39.0. The summed E-state index contributed by atoms with van der Waals surface area (Å²) in [5, 5.41) is 5.22. The van der Waals surface area contributed by atoms with E-state index in [1.54, 1.807) is 0 Å². The Labute approximate surface area is 348 Å². The van der Waals surface area contributed by atoms with Gasteiger partial charge in [-0.3, -0.25) is 0 Å². The second-order valence-corrected chi connectivity index (χ2v) is 16.8. The van der Waals surface area contributed by atoms with E-state index in [1.165, 1.54) is 84.9 Å². The quantitative estimate of drug-likeness (QED) is 0.125. The van der Waals surface area contributed by atoms with Gasteiger partial charge in [0.25, 0.3) is 0 Å². The topological polar surface area (TPSA) is 3.24 Å². The average Bonchev–Trinajstić information content (AvgIpc) is 3.87. The van der Waals surface area contributed by atoms with Crippen LogP contribution in [0.25, 0.3) is 79.3 Å².